The molecule has 1 unspecified atom stereocenters. The third-order valence-electron chi connectivity index (χ3n) is 5.46. The van der Waals surface area contributed by atoms with E-state index in [1.54, 1.807) is 24.5 Å². The highest BCUT2D eigenvalue weighted by molar-refractivity contribution is 5.94. The predicted octanol–water partition coefficient (Wildman–Crippen LogP) is 2.48. The molecule has 2 aliphatic rings. The van der Waals surface area contributed by atoms with Crippen molar-refractivity contribution in [2.24, 2.45) is 0 Å². The maximum absolute atomic E-state index is 12.9. The van der Waals surface area contributed by atoms with E-state index in [9.17, 15) is 4.79 Å². The maximum Gasteiger partial charge on any atom is 0.255 e. The topological polar surface area (TPSA) is 54.9 Å². The van der Waals surface area contributed by atoms with Crippen LogP contribution in [0.2, 0.25) is 0 Å². The maximum atomic E-state index is 12.9. The van der Waals surface area contributed by atoms with Crippen LogP contribution in [-0.4, -0.2) is 65.9 Å². The number of hydrogen-bond acceptors (Lipinski definition) is 5. The molecule has 3 heterocycles. The minimum absolute atomic E-state index is 0.0194. The van der Waals surface area contributed by atoms with E-state index in [-0.39, 0.29) is 5.91 Å². The number of nitrogens with zero attached hydrogens (tertiary/aromatic N) is 3. The molecule has 0 N–H and O–H groups in total. The van der Waals surface area contributed by atoms with Gasteiger partial charge in [-0.25, -0.2) is 0 Å². The number of aryl methyl sites for hydroxylation is 1. The van der Waals surface area contributed by atoms with Gasteiger partial charge in [-0.1, -0.05) is 24.3 Å². The molecule has 148 valence electrons. The van der Waals surface area contributed by atoms with Crippen LogP contribution in [0.25, 0.3) is 0 Å². The highest BCUT2D eigenvalue weighted by Gasteiger charge is 2.42. The molecule has 1 aromatic heterocycles. The number of pyridine rings is 1. The van der Waals surface area contributed by atoms with Crippen LogP contribution in [0.1, 0.15) is 27.9 Å². The second-order valence-corrected chi connectivity index (χ2v) is 7.57. The van der Waals surface area contributed by atoms with Crippen molar-refractivity contribution >= 4 is 5.91 Å². The molecule has 6 nitrogen and oxygen atoms in total. The fourth-order valence-corrected chi connectivity index (χ4v) is 3.96. The average Bonchev–Trinajstić information content (AvgIpc) is 2.92. The van der Waals surface area contributed by atoms with Crippen molar-refractivity contribution in [1.29, 1.82) is 0 Å². The van der Waals surface area contributed by atoms with Gasteiger partial charge in [0.1, 0.15) is 0 Å². The Morgan fingerprint density at radius 3 is 2.79 bits per heavy atom. The molecule has 1 aromatic carbocycles. The summed E-state index contributed by atoms with van der Waals surface area (Å²) < 4.78 is 12.3. The lowest BCUT2D eigenvalue weighted by molar-refractivity contribution is -0.261. The van der Waals surface area contributed by atoms with E-state index in [2.05, 4.69) is 41.1 Å². The van der Waals surface area contributed by atoms with Crippen LogP contribution in [0.4, 0.5) is 0 Å². The molecule has 0 saturated carbocycles. The molecule has 1 spiro atoms. The molecular weight excluding hydrogens is 354 g/mol. The Morgan fingerprint density at radius 1 is 1.11 bits per heavy atom. The third-order valence-corrected chi connectivity index (χ3v) is 5.46. The number of aromatic nitrogens is 1. The summed E-state index contributed by atoms with van der Waals surface area (Å²) in [7, 11) is 0. The Bertz CT molecular complexity index is 814. The van der Waals surface area contributed by atoms with E-state index in [4.69, 9.17) is 9.47 Å². The predicted molar refractivity (Wildman–Crippen MR) is 106 cm³/mol. The van der Waals surface area contributed by atoms with Crippen molar-refractivity contribution in [3.63, 3.8) is 0 Å². The average molecular weight is 381 g/mol. The summed E-state index contributed by atoms with van der Waals surface area (Å²) in [5, 5.41) is 0. The van der Waals surface area contributed by atoms with Gasteiger partial charge < -0.3 is 14.4 Å². The van der Waals surface area contributed by atoms with Crippen molar-refractivity contribution in [3.05, 3.63) is 65.5 Å². The molecular formula is C22H27N3O3. The minimum Gasteiger partial charge on any atom is -0.347 e. The fourth-order valence-electron chi connectivity index (χ4n) is 3.96. The first kappa shape index (κ1) is 19.1. The Hall–Kier alpha value is -2.28. The first-order valence-corrected chi connectivity index (χ1v) is 9.89. The highest BCUT2D eigenvalue weighted by atomic mass is 16.7. The summed E-state index contributed by atoms with van der Waals surface area (Å²) in [6, 6.07) is 12.1. The van der Waals surface area contributed by atoms with Crippen LogP contribution in [0.3, 0.4) is 0 Å². The summed E-state index contributed by atoms with van der Waals surface area (Å²) >= 11 is 0. The van der Waals surface area contributed by atoms with Crippen molar-refractivity contribution < 1.29 is 14.3 Å². The second-order valence-electron chi connectivity index (χ2n) is 7.57. The van der Waals surface area contributed by atoms with Crippen molar-refractivity contribution in [2.75, 3.05) is 39.4 Å². The number of rotatable bonds is 3. The zero-order valence-electron chi connectivity index (χ0n) is 16.3. The van der Waals surface area contributed by atoms with Crippen molar-refractivity contribution in [1.82, 2.24) is 14.8 Å². The number of amides is 1. The monoisotopic (exact) mass is 381 g/mol. The molecule has 2 aliphatic heterocycles. The van der Waals surface area contributed by atoms with Crippen LogP contribution >= 0.6 is 0 Å². The molecule has 1 atom stereocenters. The summed E-state index contributed by atoms with van der Waals surface area (Å²) in [6.07, 6.45) is 4.24. The van der Waals surface area contributed by atoms with E-state index in [1.165, 1.54) is 11.1 Å². The molecule has 0 radical (unpaired) electrons. The molecule has 2 saturated heterocycles. The number of benzene rings is 1. The van der Waals surface area contributed by atoms with E-state index in [0.29, 0.717) is 38.4 Å². The summed E-state index contributed by atoms with van der Waals surface area (Å²) in [6.45, 7) is 6.72. The van der Waals surface area contributed by atoms with Gasteiger partial charge in [0, 0.05) is 32.0 Å². The van der Waals surface area contributed by atoms with Crippen molar-refractivity contribution in [3.8, 4) is 0 Å². The van der Waals surface area contributed by atoms with Crippen LogP contribution in [-0.2, 0) is 16.0 Å². The molecule has 6 heteroatoms. The van der Waals surface area contributed by atoms with Gasteiger partial charge in [-0.05, 0) is 36.6 Å². The lowest BCUT2D eigenvalue weighted by Crippen LogP contribution is -2.59. The second kappa shape index (κ2) is 8.39. The van der Waals surface area contributed by atoms with E-state index >= 15 is 0 Å². The SMILES string of the molecule is Cc1ccccc1CN1CCCOC2(C1)CN(C(=O)c1cccnc1)CCO2. The van der Waals surface area contributed by atoms with Gasteiger partial charge in [-0.2, -0.15) is 0 Å². The number of hydrogen-bond donors (Lipinski definition) is 0. The smallest absolute Gasteiger partial charge is 0.255 e. The van der Waals surface area contributed by atoms with Crippen LogP contribution in [0.15, 0.2) is 48.8 Å². The largest absolute Gasteiger partial charge is 0.347 e. The van der Waals surface area contributed by atoms with Gasteiger partial charge in [0.15, 0.2) is 5.79 Å². The molecule has 2 fully saturated rings. The molecule has 0 bridgehead atoms. The third kappa shape index (κ3) is 4.24. The Morgan fingerprint density at radius 2 is 1.96 bits per heavy atom. The van der Waals surface area contributed by atoms with Crippen molar-refractivity contribution in [2.45, 2.75) is 25.7 Å². The summed E-state index contributed by atoms with van der Waals surface area (Å²) in [5.74, 6) is -0.788. The highest BCUT2D eigenvalue weighted by Crippen LogP contribution is 2.26. The van der Waals surface area contributed by atoms with Crippen LogP contribution in [0.5, 0.6) is 0 Å². The number of ether oxygens (including phenoxy) is 2. The zero-order chi connectivity index (χ0) is 19.4. The summed E-state index contributed by atoms with van der Waals surface area (Å²) in [4.78, 5) is 21.2. The van der Waals surface area contributed by atoms with Gasteiger partial charge in [-0.3, -0.25) is 14.7 Å². The normalized spacial score (nSPS) is 23.5. The molecule has 28 heavy (non-hydrogen) atoms. The van der Waals surface area contributed by atoms with Crippen LogP contribution < -0.4 is 0 Å². The van der Waals surface area contributed by atoms with Gasteiger partial charge in [0.25, 0.3) is 5.91 Å². The van der Waals surface area contributed by atoms with E-state index in [0.717, 1.165) is 19.5 Å². The summed E-state index contributed by atoms with van der Waals surface area (Å²) in [5.41, 5.74) is 3.21. The Kier molecular flexibility index (Phi) is 5.71. The molecule has 4 rings (SSSR count). The van der Waals surface area contributed by atoms with E-state index < -0.39 is 5.79 Å². The number of morpholine rings is 1. The first-order valence-electron chi connectivity index (χ1n) is 9.89. The lowest BCUT2D eigenvalue weighted by Gasteiger charge is -2.43. The lowest BCUT2D eigenvalue weighted by atomic mass is 10.1. The zero-order valence-corrected chi connectivity index (χ0v) is 16.3. The van der Waals surface area contributed by atoms with Gasteiger partial charge in [0.2, 0.25) is 0 Å². The van der Waals surface area contributed by atoms with Crippen LogP contribution in [0, 0.1) is 6.92 Å². The molecule has 2 aromatic rings. The minimum atomic E-state index is -0.769. The van der Waals surface area contributed by atoms with Gasteiger partial charge in [-0.15, -0.1) is 0 Å². The quantitative estimate of drug-likeness (QED) is 0.818. The van der Waals surface area contributed by atoms with Gasteiger partial charge in [0.05, 0.1) is 31.9 Å². The van der Waals surface area contributed by atoms with E-state index in [1.807, 2.05) is 4.90 Å². The first-order chi connectivity index (χ1) is 13.7. The standard InChI is InChI=1S/C22H27N3O3/c1-18-6-2-3-7-20(18)15-24-10-5-12-27-22(16-24)17-25(11-13-28-22)21(26)19-8-4-9-23-14-19/h2-4,6-9,14H,5,10-13,15-17H2,1H3. The molecule has 0 aliphatic carbocycles. The van der Waals surface area contributed by atoms with Gasteiger partial charge >= 0.3 is 0 Å². The Balaban J connectivity index is 1.49. The number of carbonyl (C=O) groups is 1. The Labute approximate surface area is 166 Å². The molecule has 1 amide bonds. The fraction of sp³-hybridized carbons (Fsp3) is 0.455. The number of carbonyl (C=O) groups excluding carboxylic acids is 1.